The standard InChI is InChI=1S/C16H23NO2/c1-13(15(18)14-9-5-3-6-10-14)16(19-2)17-11-7-4-8-12-17/h3,5-6,9-10,13,16H,4,7-8,11-12H2,1-2H3. The molecule has 0 N–H and O–H groups in total. The summed E-state index contributed by atoms with van der Waals surface area (Å²) >= 11 is 0. The molecule has 104 valence electrons. The van der Waals surface area contributed by atoms with Crippen molar-refractivity contribution >= 4 is 5.78 Å². The van der Waals surface area contributed by atoms with E-state index in [2.05, 4.69) is 4.90 Å². The predicted molar refractivity (Wildman–Crippen MR) is 76.2 cm³/mol. The van der Waals surface area contributed by atoms with E-state index in [0.717, 1.165) is 18.7 Å². The zero-order chi connectivity index (χ0) is 13.7. The summed E-state index contributed by atoms with van der Waals surface area (Å²) in [6.07, 6.45) is 3.58. The third kappa shape index (κ3) is 3.43. The minimum atomic E-state index is -0.134. The molecule has 1 aliphatic heterocycles. The average molecular weight is 261 g/mol. The number of carbonyl (C=O) groups is 1. The van der Waals surface area contributed by atoms with Gasteiger partial charge in [-0.3, -0.25) is 9.69 Å². The van der Waals surface area contributed by atoms with Crippen molar-refractivity contribution in [1.82, 2.24) is 4.90 Å². The fourth-order valence-electron chi connectivity index (χ4n) is 2.84. The maximum Gasteiger partial charge on any atom is 0.169 e. The number of rotatable bonds is 5. The molecule has 3 heteroatoms. The Morgan fingerprint density at radius 1 is 1.16 bits per heavy atom. The summed E-state index contributed by atoms with van der Waals surface area (Å²) in [7, 11) is 1.70. The van der Waals surface area contributed by atoms with Gasteiger partial charge in [-0.05, 0) is 12.8 Å². The van der Waals surface area contributed by atoms with Gasteiger partial charge in [0.25, 0.3) is 0 Å². The van der Waals surface area contributed by atoms with Crippen molar-refractivity contribution in [3.05, 3.63) is 35.9 Å². The van der Waals surface area contributed by atoms with Gasteiger partial charge < -0.3 is 4.74 Å². The quantitative estimate of drug-likeness (QED) is 0.763. The number of hydrogen-bond donors (Lipinski definition) is 0. The second-order valence-electron chi connectivity index (χ2n) is 5.24. The summed E-state index contributed by atoms with van der Waals surface area (Å²) in [5.74, 6) is 0.0310. The van der Waals surface area contributed by atoms with Crippen LogP contribution in [0.3, 0.4) is 0 Å². The molecule has 19 heavy (non-hydrogen) atoms. The number of benzene rings is 1. The van der Waals surface area contributed by atoms with Crippen LogP contribution in [-0.2, 0) is 4.74 Å². The lowest BCUT2D eigenvalue weighted by molar-refractivity contribution is -0.0651. The highest BCUT2D eigenvalue weighted by Crippen LogP contribution is 2.21. The van der Waals surface area contributed by atoms with Gasteiger partial charge in [0.15, 0.2) is 5.78 Å². The molecular weight excluding hydrogens is 238 g/mol. The van der Waals surface area contributed by atoms with Crippen molar-refractivity contribution in [2.45, 2.75) is 32.4 Å². The van der Waals surface area contributed by atoms with Crippen LogP contribution in [0.25, 0.3) is 0 Å². The Morgan fingerprint density at radius 2 is 1.79 bits per heavy atom. The van der Waals surface area contributed by atoms with Gasteiger partial charge in [0.05, 0.1) is 5.92 Å². The molecule has 0 radical (unpaired) electrons. The second kappa shape index (κ2) is 6.83. The van der Waals surface area contributed by atoms with Crippen molar-refractivity contribution in [2.75, 3.05) is 20.2 Å². The van der Waals surface area contributed by atoms with Crippen molar-refractivity contribution in [3.63, 3.8) is 0 Å². The first kappa shape index (κ1) is 14.2. The van der Waals surface area contributed by atoms with E-state index in [1.54, 1.807) is 7.11 Å². The SMILES string of the molecule is COC(C(C)C(=O)c1ccccc1)N1CCCCC1. The molecule has 0 saturated carbocycles. The first-order valence-corrected chi connectivity index (χ1v) is 7.10. The number of carbonyl (C=O) groups excluding carboxylic acids is 1. The normalized spacial score (nSPS) is 19.9. The Kier molecular flexibility index (Phi) is 5.11. The molecule has 1 aromatic rings. The van der Waals surface area contributed by atoms with Crippen LogP contribution in [0, 0.1) is 5.92 Å². The average Bonchev–Trinajstić information content (AvgIpc) is 2.49. The minimum Gasteiger partial charge on any atom is -0.366 e. The highest BCUT2D eigenvalue weighted by Gasteiger charge is 2.30. The number of methoxy groups -OCH3 is 1. The number of ether oxygens (including phenoxy) is 1. The second-order valence-corrected chi connectivity index (χ2v) is 5.24. The maximum atomic E-state index is 12.5. The monoisotopic (exact) mass is 261 g/mol. The lowest BCUT2D eigenvalue weighted by Gasteiger charge is -2.36. The number of piperidine rings is 1. The van der Waals surface area contributed by atoms with Crippen LogP contribution in [0.5, 0.6) is 0 Å². The summed E-state index contributed by atoms with van der Waals surface area (Å²) in [5.41, 5.74) is 0.772. The molecule has 0 bridgehead atoms. The molecule has 1 aromatic carbocycles. The Balaban J connectivity index is 2.07. The third-order valence-corrected chi connectivity index (χ3v) is 3.89. The molecule has 2 rings (SSSR count). The summed E-state index contributed by atoms with van der Waals surface area (Å²) in [5, 5.41) is 0. The molecule has 1 aliphatic rings. The Bertz CT molecular complexity index is 398. The maximum absolute atomic E-state index is 12.5. The minimum absolute atomic E-state index is 0.104. The fourth-order valence-corrected chi connectivity index (χ4v) is 2.84. The van der Waals surface area contributed by atoms with Crippen LogP contribution < -0.4 is 0 Å². The zero-order valence-electron chi connectivity index (χ0n) is 11.8. The van der Waals surface area contributed by atoms with Crippen LogP contribution in [0.1, 0.15) is 36.5 Å². The number of ketones is 1. The first-order chi connectivity index (χ1) is 9.24. The Labute approximate surface area is 115 Å². The van der Waals surface area contributed by atoms with Gasteiger partial charge in [-0.25, -0.2) is 0 Å². The molecule has 0 aliphatic carbocycles. The van der Waals surface area contributed by atoms with Gasteiger partial charge in [0, 0.05) is 25.8 Å². The molecule has 1 saturated heterocycles. The molecule has 0 amide bonds. The van der Waals surface area contributed by atoms with E-state index in [4.69, 9.17) is 4.74 Å². The Morgan fingerprint density at radius 3 is 2.37 bits per heavy atom. The molecule has 1 heterocycles. The molecule has 1 fully saturated rings. The van der Waals surface area contributed by atoms with Crippen LogP contribution in [-0.4, -0.2) is 37.1 Å². The number of hydrogen-bond acceptors (Lipinski definition) is 3. The smallest absolute Gasteiger partial charge is 0.169 e. The first-order valence-electron chi connectivity index (χ1n) is 7.10. The topological polar surface area (TPSA) is 29.5 Å². The zero-order valence-corrected chi connectivity index (χ0v) is 11.8. The van der Waals surface area contributed by atoms with Gasteiger partial charge in [-0.1, -0.05) is 43.7 Å². The van der Waals surface area contributed by atoms with Crippen molar-refractivity contribution in [3.8, 4) is 0 Å². The van der Waals surface area contributed by atoms with E-state index in [0.29, 0.717) is 0 Å². The molecular formula is C16H23NO2. The predicted octanol–water partition coefficient (Wildman–Crippen LogP) is 2.96. The number of nitrogens with zero attached hydrogens (tertiary/aromatic N) is 1. The summed E-state index contributed by atoms with van der Waals surface area (Å²) < 4.78 is 5.60. The van der Waals surface area contributed by atoms with E-state index in [-0.39, 0.29) is 17.9 Å². The van der Waals surface area contributed by atoms with Gasteiger partial charge in [-0.2, -0.15) is 0 Å². The molecule has 2 unspecified atom stereocenters. The molecule has 3 nitrogen and oxygen atoms in total. The van der Waals surface area contributed by atoms with E-state index in [1.807, 2.05) is 37.3 Å². The lowest BCUT2D eigenvalue weighted by Crippen LogP contribution is -2.46. The largest absolute Gasteiger partial charge is 0.366 e. The van der Waals surface area contributed by atoms with Crippen molar-refractivity contribution < 1.29 is 9.53 Å². The third-order valence-electron chi connectivity index (χ3n) is 3.89. The molecule has 2 atom stereocenters. The summed E-state index contributed by atoms with van der Waals surface area (Å²) in [6.45, 7) is 4.04. The summed E-state index contributed by atoms with van der Waals surface area (Å²) in [4.78, 5) is 14.8. The van der Waals surface area contributed by atoms with Gasteiger partial charge in [-0.15, -0.1) is 0 Å². The highest BCUT2D eigenvalue weighted by molar-refractivity contribution is 5.97. The van der Waals surface area contributed by atoms with E-state index >= 15 is 0 Å². The van der Waals surface area contributed by atoms with Gasteiger partial charge in [0.1, 0.15) is 6.23 Å². The van der Waals surface area contributed by atoms with E-state index < -0.39 is 0 Å². The lowest BCUT2D eigenvalue weighted by atomic mass is 9.96. The molecule has 0 spiro atoms. The highest BCUT2D eigenvalue weighted by atomic mass is 16.5. The van der Waals surface area contributed by atoms with Crippen LogP contribution in [0.15, 0.2) is 30.3 Å². The van der Waals surface area contributed by atoms with Crippen LogP contribution >= 0.6 is 0 Å². The fraction of sp³-hybridized carbons (Fsp3) is 0.562. The van der Waals surface area contributed by atoms with E-state index in [9.17, 15) is 4.79 Å². The van der Waals surface area contributed by atoms with Crippen molar-refractivity contribution in [2.24, 2.45) is 5.92 Å². The van der Waals surface area contributed by atoms with Gasteiger partial charge in [0.2, 0.25) is 0 Å². The van der Waals surface area contributed by atoms with Crippen molar-refractivity contribution in [1.29, 1.82) is 0 Å². The Hall–Kier alpha value is -1.19. The van der Waals surface area contributed by atoms with Crippen LogP contribution in [0.2, 0.25) is 0 Å². The molecule has 0 aromatic heterocycles. The van der Waals surface area contributed by atoms with E-state index in [1.165, 1.54) is 19.3 Å². The summed E-state index contributed by atoms with van der Waals surface area (Å²) in [6, 6.07) is 9.49. The van der Waals surface area contributed by atoms with Crippen LogP contribution in [0.4, 0.5) is 0 Å². The van der Waals surface area contributed by atoms with Gasteiger partial charge >= 0.3 is 0 Å². The number of likely N-dealkylation sites (tertiary alicyclic amines) is 1. The number of Topliss-reactive ketones (excluding diaryl/α,β-unsaturated/α-hetero) is 1.